The molecule has 0 bridgehead atoms. The Bertz CT molecular complexity index is 602. The van der Waals surface area contributed by atoms with Gasteiger partial charge in [0.1, 0.15) is 11.3 Å². The molecule has 2 aromatic rings. The largest absolute Gasteiger partial charge is 0.481 e. The van der Waals surface area contributed by atoms with Gasteiger partial charge < -0.3 is 14.4 Å². The van der Waals surface area contributed by atoms with Gasteiger partial charge in [0.05, 0.1) is 5.92 Å². The van der Waals surface area contributed by atoms with Crippen molar-refractivity contribution in [3.8, 4) is 0 Å². The quantitative estimate of drug-likeness (QED) is 0.897. The van der Waals surface area contributed by atoms with Crippen LogP contribution in [0.3, 0.4) is 0 Å². The number of fused-ring (bicyclic) bond motifs is 1. The van der Waals surface area contributed by atoms with Gasteiger partial charge >= 0.3 is 5.97 Å². The highest BCUT2D eigenvalue weighted by molar-refractivity contribution is 5.93. The molecule has 0 aliphatic rings. The van der Waals surface area contributed by atoms with Gasteiger partial charge in [-0.3, -0.25) is 9.59 Å². The van der Waals surface area contributed by atoms with Crippen molar-refractivity contribution in [3.05, 3.63) is 36.3 Å². The SMILES string of the molecule is CCN(CC(C)C(=O)O)C(=O)c1cn2ccccc2n1. The van der Waals surface area contributed by atoms with Crippen LogP contribution in [0, 0.1) is 5.92 Å². The van der Waals surface area contributed by atoms with Crippen LogP contribution in [0.5, 0.6) is 0 Å². The first-order chi connectivity index (χ1) is 9.52. The highest BCUT2D eigenvalue weighted by atomic mass is 16.4. The van der Waals surface area contributed by atoms with Crippen LogP contribution < -0.4 is 0 Å². The van der Waals surface area contributed by atoms with E-state index < -0.39 is 11.9 Å². The summed E-state index contributed by atoms with van der Waals surface area (Å²) < 4.78 is 1.77. The zero-order chi connectivity index (χ0) is 14.7. The van der Waals surface area contributed by atoms with Crippen molar-refractivity contribution in [2.24, 2.45) is 5.92 Å². The molecule has 0 aromatic carbocycles. The van der Waals surface area contributed by atoms with Gasteiger partial charge in [-0.15, -0.1) is 0 Å². The Morgan fingerprint density at radius 1 is 1.45 bits per heavy atom. The lowest BCUT2D eigenvalue weighted by atomic mass is 10.1. The Morgan fingerprint density at radius 2 is 2.20 bits per heavy atom. The van der Waals surface area contributed by atoms with Crippen LogP contribution in [0.1, 0.15) is 24.3 Å². The molecule has 106 valence electrons. The van der Waals surface area contributed by atoms with E-state index in [1.54, 1.807) is 17.5 Å². The molecule has 0 spiro atoms. The fourth-order valence-electron chi connectivity index (χ4n) is 1.96. The molecular weight excluding hydrogens is 258 g/mol. The van der Waals surface area contributed by atoms with Crippen LogP contribution >= 0.6 is 0 Å². The van der Waals surface area contributed by atoms with Crippen molar-refractivity contribution in [2.45, 2.75) is 13.8 Å². The van der Waals surface area contributed by atoms with Crippen molar-refractivity contribution < 1.29 is 14.7 Å². The van der Waals surface area contributed by atoms with E-state index in [0.717, 1.165) is 0 Å². The highest BCUT2D eigenvalue weighted by Gasteiger charge is 2.22. The fraction of sp³-hybridized carbons (Fsp3) is 0.357. The Balaban J connectivity index is 2.21. The minimum absolute atomic E-state index is 0.179. The number of nitrogens with zero attached hydrogens (tertiary/aromatic N) is 3. The molecule has 1 unspecified atom stereocenters. The monoisotopic (exact) mass is 275 g/mol. The summed E-state index contributed by atoms with van der Waals surface area (Å²) in [5.74, 6) is -1.76. The standard InChI is InChI=1S/C14H17N3O3/c1-3-16(8-10(2)14(19)20)13(18)11-9-17-7-5-4-6-12(17)15-11/h4-7,9-10H,3,8H2,1-2H3,(H,19,20). The Morgan fingerprint density at radius 3 is 2.80 bits per heavy atom. The Kier molecular flexibility index (Phi) is 4.02. The number of pyridine rings is 1. The molecule has 1 amide bonds. The second kappa shape index (κ2) is 5.73. The minimum Gasteiger partial charge on any atom is -0.481 e. The smallest absolute Gasteiger partial charge is 0.308 e. The summed E-state index contributed by atoms with van der Waals surface area (Å²) in [4.78, 5) is 29.0. The molecule has 0 saturated heterocycles. The van der Waals surface area contributed by atoms with Crippen molar-refractivity contribution in [1.29, 1.82) is 0 Å². The van der Waals surface area contributed by atoms with E-state index in [2.05, 4.69) is 4.98 Å². The molecular formula is C14H17N3O3. The highest BCUT2D eigenvalue weighted by Crippen LogP contribution is 2.09. The molecule has 0 aliphatic carbocycles. The second-order valence-corrected chi connectivity index (χ2v) is 4.68. The number of amides is 1. The lowest BCUT2D eigenvalue weighted by Crippen LogP contribution is -2.36. The summed E-state index contributed by atoms with van der Waals surface area (Å²) in [5, 5.41) is 8.94. The summed E-state index contributed by atoms with van der Waals surface area (Å²) in [6, 6.07) is 5.51. The molecule has 1 atom stereocenters. The lowest BCUT2D eigenvalue weighted by Gasteiger charge is -2.21. The fourth-order valence-corrected chi connectivity index (χ4v) is 1.96. The molecule has 2 aromatic heterocycles. The van der Waals surface area contributed by atoms with Crippen LogP contribution in [0.15, 0.2) is 30.6 Å². The third kappa shape index (κ3) is 2.79. The van der Waals surface area contributed by atoms with Gasteiger partial charge in [-0.05, 0) is 19.1 Å². The summed E-state index contributed by atoms with van der Waals surface area (Å²) >= 11 is 0. The van der Waals surface area contributed by atoms with Gasteiger partial charge in [0.15, 0.2) is 0 Å². The topological polar surface area (TPSA) is 74.9 Å². The van der Waals surface area contributed by atoms with E-state index in [1.165, 1.54) is 4.90 Å². The summed E-state index contributed by atoms with van der Waals surface area (Å²) in [6.45, 7) is 4.03. The first-order valence-electron chi connectivity index (χ1n) is 6.48. The van der Waals surface area contributed by atoms with E-state index in [1.807, 2.05) is 31.3 Å². The number of carbonyl (C=O) groups is 2. The van der Waals surface area contributed by atoms with Crippen LogP contribution in [0.2, 0.25) is 0 Å². The summed E-state index contributed by atoms with van der Waals surface area (Å²) in [5.41, 5.74) is 1.02. The number of imidazole rings is 1. The van der Waals surface area contributed by atoms with E-state index in [-0.39, 0.29) is 12.5 Å². The Labute approximate surface area is 116 Å². The molecule has 0 aliphatic heterocycles. The van der Waals surface area contributed by atoms with Gasteiger partial charge in [-0.2, -0.15) is 0 Å². The van der Waals surface area contributed by atoms with Gasteiger partial charge in [0.25, 0.3) is 5.91 Å². The zero-order valence-corrected chi connectivity index (χ0v) is 11.5. The van der Waals surface area contributed by atoms with Gasteiger partial charge in [-0.25, -0.2) is 4.98 Å². The molecule has 0 saturated carbocycles. The summed E-state index contributed by atoms with van der Waals surface area (Å²) in [6.07, 6.45) is 3.47. The van der Waals surface area contributed by atoms with E-state index in [4.69, 9.17) is 5.11 Å². The maximum atomic E-state index is 12.4. The number of carboxylic acid groups (broad SMARTS) is 1. The van der Waals surface area contributed by atoms with Gasteiger partial charge in [-0.1, -0.05) is 13.0 Å². The summed E-state index contributed by atoms with van der Waals surface area (Å²) in [7, 11) is 0. The average Bonchev–Trinajstić information content (AvgIpc) is 2.87. The number of hydrogen-bond acceptors (Lipinski definition) is 3. The zero-order valence-electron chi connectivity index (χ0n) is 11.5. The van der Waals surface area contributed by atoms with E-state index in [0.29, 0.717) is 17.9 Å². The number of rotatable bonds is 5. The molecule has 0 radical (unpaired) electrons. The molecule has 2 heterocycles. The third-order valence-electron chi connectivity index (χ3n) is 3.17. The van der Waals surface area contributed by atoms with E-state index in [9.17, 15) is 9.59 Å². The molecule has 6 heteroatoms. The average molecular weight is 275 g/mol. The number of aromatic nitrogens is 2. The van der Waals surface area contributed by atoms with E-state index >= 15 is 0 Å². The number of hydrogen-bond donors (Lipinski definition) is 1. The van der Waals surface area contributed by atoms with Crippen molar-refractivity contribution >= 4 is 17.5 Å². The van der Waals surface area contributed by atoms with Crippen molar-refractivity contribution in [1.82, 2.24) is 14.3 Å². The van der Waals surface area contributed by atoms with Crippen LogP contribution in [0.4, 0.5) is 0 Å². The van der Waals surface area contributed by atoms with Gasteiger partial charge in [0.2, 0.25) is 0 Å². The molecule has 6 nitrogen and oxygen atoms in total. The van der Waals surface area contributed by atoms with Gasteiger partial charge in [0, 0.05) is 25.5 Å². The number of aliphatic carboxylic acids is 1. The first kappa shape index (κ1) is 14.0. The molecule has 0 fully saturated rings. The second-order valence-electron chi connectivity index (χ2n) is 4.68. The molecule has 2 rings (SSSR count). The molecule has 1 N–H and O–H groups in total. The predicted molar refractivity (Wildman–Crippen MR) is 73.6 cm³/mol. The Hall–Kier alpha value is -2.37. The first-order valence-corrected chi connectivity index (χ1v) is 6.48. The van der Waals surface area contributed by atoms with Crippen molar-refractivity contribution in [3.63, 3.8) is 0 Å². The van der Waals surface area contributed by atoms with Crippen LogP contribution in [-0.4, -0.2) is 44.4 Å². The van der Waals surface area contributed by atoms with Crippen molar-refractivity contribution in [2.75, 3.05) is 13.1 Å². The molecule has 20 heavy (non-hydrogen) atoms. The lowest BCUT2D eigenvalue weighted by molar-refractivity contribution is -0.141. The van der Waals surface area contributed by atoms with Crippen LogP contribution in [0.25, 0.3) is 5.65 Å². The number of carboxylic acids is 1. The van der Waals surface area contributed by atoms with Crippen LogP contribution in [-0.2, 0) is 4.79 Å². The number of carbonyl (C=O) groups excluding carboxylic acids is 1. The normalized spacial score (nSPS) is 12.3. The minimum atomic E-state index is -0.911. The maximum Gasteiger partial charge on any atom is 0.308 e. The predicted octanol–water partition coefficient (Wildman–Crippen LogP) is 1.52. The third-order valence-corrected chi connectivity index (χ3v) is 3.17. The maximum absolute atomic E-state index is 12.4.